The van der Waals surface area contributed by atoms with E-state index in [2.05, 4.69) is 0 Å². The van der Waals surface area contributed by atoms with Crippen molar-refractivity contribution in [3.63, 3.8) is 0 Å². The molecule has 0 saturated carbocycles. The zero-order valence-corrected chi connectivity index (χ0v) is 11.6. The lowest BCUT2D eigenvalue weighted by Gasteiger charge is -2.32. The summed E-state index contributed by atoms with van der Waals surface area (Å²) in [6.07, 6.45) is 1.94. The minimum atomic E-state index is -0.564. The van der Waals surface area contributed by atoms with Crippen LogP contribution in [0.2, 0.25) is 5.02 Å². The average molecular weight is 286 g/mol. The molecule has 104 valence electrons. The zero-order chi connectivity index (χ0) is 13.8. The number of likely N-dealkylation sites (tertiary alicyclic amines) is 1. The van der Waals surface area contributed by atoms with Gasteiger partial charge in [-0.05, 0) is 30.9 Å². The maximum atomic E-state index is 13.7. The van der Waals surface area contributed by atoms with Crippen molar-refractivity contribution >= 4 is 17.5 Å². The molecule has 1 aromatic carbocycles. The van der Waals surface area contributed by atoms with Gasteiger partial charge in [0, 0.05) is 20.2 Å². The number of carbonyl (C=O) groups is 1. The molecule has 1 amide bonds. The van der Waals surface area contributed by atoms with Gasteiger partial charge in [0.15, 0.2) is 0 Å². The van der Waals surface area contributed by atoms with E-state index in [4.69, 9.17) is 16.3 Å². The van der Waals surface area contributed by atoms with Crippen LogP contribution in [0.4, 0.5) is 4.39 Å². The number of carbonyl (C=O) groups excluding carboxylic acids is 1. The number of amides is 1. The molecule has 1 fully saturated rings. The quantitative estimate of drug-likeness (QED) is 0.854. The number of ether oxygens (including phenoxy) is 1. The van der Waals surface area contributed by atoms with E-state index < -0.39 is 5.82 Å². The minimum Gasteiger partial charge on any atom is -0.384 e. The van der Waals surface area contributed by atoms with Gasteiger partial charge in [0.1, 0.15) is 5.82 Å². The Balaban J connectivity index is 2.15. The Kier molecular flexibility index (Phi) is 4.77. The molecular weight excluding hydrogens is 269 g/mol. The molecule has 3 nitrogen and oxygen atoms in total. The summed E-state index contributed by atoms with van der Waals surface area (Å²) < 4.78 is 18.9. The Morgan fingerprint density at radius 1 is 1.58 bits per heavy atom. The van der Waals surface area contributed by atoms with Crippen molar-refractivity contribution in [2.45, 2.75) is 12.8 Å². The van der Waals surface area contributed by atoms with Gasteiger partial charge < -0.3 is 9.64 Å². The molecule has 1 atom stereocenters. The van der Waals surface area contributed by atoms with Crippen molar-refractivity contribution in [3.8, 4) is 0 Å². The topological polar surface area (TPSA) is 29.5 Å². The predicted octanol–water partition coefficient (Wildman–Crippen LogP) is 2.98. The molecule has 0 bridgehead atoms. The Hall–Kier alpha value is -1.13. The lowest BCUT2D eigenvalue weighted by molar-refractivity contribution is 0.0567. The molecule has 2 rings (SSSR count). The highest BCUT2D eigenvalue weighted by Gasteiger charge is 2.27. The normalized spacial score (nSPS) is 19.5. The Bertz CT molecular complexity index is 445. The number of piperidine rings is 1. The van der Waals surface area contributed by atoms with E-state index in [1.165, 1.54) is 18.2 Å². The summed E-state index contributed by atoms with van der Waals surface area (Å²) in [5.41, 5.74) is -0.0257. The van der Waals surface area contributed by atoms with E-state index in [9.17, 15) is 9.18 Å². The number of nitrogens with zero attached hydrogens (tertiary/aromatic N) is 1. The predicted molar refractivity (Wildman–Crippen MR) is 71.9 cm³/mol. The Morgan fingerprint density at radius 2 is 2.37 bits per heavy atom. The summed E-state index contributed by atoms with van der Waals surface area (Å²) in [6.45, 7) is 1.86. The van der Waals surface area contributed by atoms with Gasteiger partial charge in [-0.2, -0.15) is 0 Å². The Morgan fingerprint density at radius 3 is 3.05 bits per heavy atom. The van der Waals surface area contributed by atoms with Crippen molar-refractivity contribution in [1.82, 2.24) is 4.90 Å². The van der Waals surface area contributed by atoms with Gasteiger partial charge >= 0.3 is 0 Å². The third-order valence-electron chi connectivity index (χ3n) is 3.39. The molecule has 1 unspecified atom stereocenters. The van der Waals surface area contributed by atoms with Crippen LogP contribution in [0, 0.1) is 11.7 Å². The molecule has 0 N–H and O–H groups in total. The summed E-state index contributed by atoms with van der Waals surface area (Å²) in [4.78, 5) is 14.0. The van der Waals surface area contributed by atoms with Crippen molar-refractivity contribution in [2.75, 3.05) is 26.8 Å². The fourth-order valence-electron chi connectivity index (χ4n) is 2.48. The number of benzene rings is 1. The van der Waals surface area contributed by atoms with Crippen LogP contribution >= 0.6 is 11.6 Å². The van der Waals surface area contributed by atoms with Gasteiger partial charge in [-0.1, -0.05) is 17.7 Å². The maximum absolute atomic E-state index is 13.7. The summed E-state index contributed by atoms with van der Waals surface area (Å²) in [7, 11) is 1.65. The zero-order valence-electron chi connectivity index (χ0n) is 10.9. The molecule has 1 saturated heterocycles. The summed E-state index contributed by atoms with van der Waals surface area (Å²) in [6, 6.07) is 4.29. The highest BCUT2D eigenvalue weighted by Crippen LogP contribution is 2.24. The van der Waals surface area contributed by atoms with Crippen LogP contribution in [-0.2, 0) is 4.74 Å². The largest absolute Gasteiger partial charge is 0.384 e. The van der Waals surface area contributed by atoms with Crippen LogP contribution in [0.25, 0.3) is 0 Å². The molecule has 1 heterocycles. The molecule has 5 heteroatoms. The third kappa shape index (κ3) is 3.25. The summed E-state index contributed by atoms with van der Waals surface area (Å²) >= 11 is 5.93. The number of halogens is 2. The van der Waals surface area contributed by atoms with E-state index >= 15 is 0 Å². The highest BCUT2D eigenvalue weighted by atomic mass is 35.5. The first kappa shape index (κ1) is 14.3. The van der Waals surface area contributed by atoms with E-state index in [0.717, 1.165) is 12.8 Å². The van der Waals surface area contributed by atoms with Crippen LogP contribution in [-0.4, -0.2) is 37.6 Å². The summed E-state index contributed by atoms with van der Waals surface area (Å²) in [5.74, 6) is -0.580. The van der Waals surface area contributed by atoms with Crippen LogP contribution in [0.15, 0.2) is 18.2 Å². The average Bonchev–Trinajstić information content (AvgIpc) is 2.39. The molecule has 1 aromatic rings. The first-order valence-corrected chi connectivity index (χ1v) is 6.73. The summed E-state index contributed by atoms with van der Waals surface area (Å²) in [5, 5.41) is 0.166. The van der Waals surface area contributed by atoms with Gasteiger partial charge in [0.2, 0.25) is 0 Å². The lowest BCUT2D eigenvalue weighted by atomic mass is 9.98. The van der Waals surface area contributed by atoms with Crippen LogP contribution in [0.1, 0.15) is 23.2 Å². The van der Waals surface area contributed by atoms with Crippen molar-refractivity contribution < 1.29 is 13.9 Å². The monoisotopic (exact) mass is 285 g/mol. The van der Waals surface area contributed by atoms with Crippen molar-refractivity contribution in [2.24, 2.45) is 5.92 Å². The molecule has 0 spiro atoms. The number of hydrogen-bond acceptors (Lipinski definition) is 2. The molecule has 0 aromatic heterocycles. The first-order chi connectivity index (χ1) is 9.13. The van der Waals surface area contributed by atoms with Crippen LogP contribution in [0.5, 0.6) is 0 Å². The second-order valence-electron chi connectivity index (χ2n) is 4.81. The van der Waals surface area contributed by atoms with Crippen LogP contribution in [0.3, 0.4) is 0 Å². The van der Waals surface area contributed by atoms with Crippen molar-refractivity contribution in [3.05, 3.63) is 34.6 Å². The third-order valence-corrected chi connectivity index (χ3v) is 3.70. The van der Waals surface area contributed by atoms with Gasteiger partial charge in [-0.15, -0.1) is 0 Å². The molecular formula is C14H17ClFNO2. The van der Waals surface area contributed by atoms with Gasteiger partial charge in [0.25, 0.3) is 5.91 Å². The van der Waals surface area contributed by atoms with Crippen LogP contribution < -0.4 is 0 Å². The highest BCUT2D eigenvalue weighted by molar-refractivity contribution is 6.33. The van der Waals surface area contributed by atoms with Gasteiger partial charge in [-0.3, -0.25) is 4.79 Å². The molecule has 0 aliphatic carbocycles. The standard InChI is InChI=1S/C14H17ClFNO2/c1-19-9-10-4-3-7-17(8-10)14(18)13-11(15)5-2-6-12(13)16/h2,5-6,10H,3-4,7-9H2,1H3. The molecule has 0 radical (unpaired) electrons. The number of hydrogen-bond donors (Lipinski definition) is 0. The second kappa shape index (κ2) is 6.35. The minimum absolute atomic E-state index is 0.0257. The first-order valence-electron chi connectivity index (χ1n) is 6.35. The lowest BCUT2D eigenvalue weighted by Crippen LogP contribution is -2.41. The van der Waals surface area contributed by atoms with E-state index in [1.807, 2.05) is 0 Å². The molecule has 1 aliphatic heterocycles. The van der Waals surface area contributed by atoms with Gasteiger partial charge in [0.05, 0.1) is 17.2 Å². The smallest absolute Gasteiger partial charge is 0.258 e. The fraction of sp³-hybridized carbons (Fsp3) is 0.500. The van der Waals surface area contributed by atoms with Crippen molar-refractivity contribution in [1.29, 1.82) is 0 Å². The van der Waals surface area contributed by atoms with E-state index in [0.29, 0.717) is 25.6 Å². The van der Waals surface area contributed by atoms with Gasteiger partial charge in [-0.25, -0.2) is 4.39 Å². The molecule has 19 heavy (non-hydrogen) atoms. The fourth-order valence-corrected chi connectivity index (χ4v) is 2.73. The Labute approximate surface area is 117 Å². The SMILES string of the molecule is COCC1CCCN(C(=O)c2c(F)cccc2Cl)C1. The maximum Gasteiger partial charge on any atom is 0.258 e. The van der Waals surface area contributed by atoms with E-state index in [1.54, 1.807) is 12.0 Å². The number of methoxy groups -OCH3 is 1. The number of rotatable bonds is 3. The second-order valence-corrected chi connectivity index (χ2v) is 5.22. The molecule has 1 aliphatic rings. The van der Waals surface area contributed by atoms with E-state index in [-0.39, 0.29) is 16.5 Å².